The van der Waals surface area contributed by atoms with Gasteiger partial charge in [0.2, 0.25) is 0 Å². The summed E-state index contributed by atoms with van der Waals surface area (Å²) in [6, 6.07) is 0. The molecule has 1 heterocycles. The average Bonchev–Trinajstić information content (AvgIpc) is 1.16. The van der Waals surface area contributed by atoms with Gasteiger partial charge >= 0.3 is 0 Å². The molecular formula is C5H7F2O. The molecule has 1 radical (unpaired) electrons. The van der Waals surface area contributed by atoms with Crippen molar-refractivity contribution in [3.63, 3.8) is 0 Å². The van der Waals surface area contributed by atoms with Crippen LogP contribution < -0.4 is 0 Å². The first-order valence-corrected chi connectivity index (χ1v) is 2.41. The van der Waals surface area contributed by atoms with E-state index in [-0.39, 0.29) is 19.1 Å². The minimum atomic E-state index is -2.61. The van der Waals surface area contributed by atoms with Crippen LogP contribution in [0, 0.1) is 5.92 Å². The lowest BCUT2D eigenvalue weighted by Gasteiger charge is -2.29. The van der Waals surface area contributed by atoms with Gasteiger partial charge in [-0.2, -0.15) is 0 Å². The molecule has 0 saturated carbocycles. The van der Waals surface area contributed by atoms with Gasteiger partial charge < -0.3 is 4.74 Å². The molecule has 1 nitrogen and oxygen atoms in total. The first kappa shape index (κ1) is 5.95. The Morgan fingerprint density at radius 3 is 2.00 bits per heavy atom. The van der Waals surface area contributed by atoms with Crippen molar-refractivity contribution < 1.29 is 13.5 Å². The van der Waals surface area contributed by atoms with Gasteiger partial charge in [-0.15, -0.1) is 0 Å². The van der Waals surface area contributed by atoms with Crippen molar-refractivity contribution in [2.45, 2.75) is 12.8 Å². The van der Waals surface area contributed by atoms with E-state index in [4.69, 9.17) is 0 Å². The smallest absolute Gasteiger partial charge is 0.256 e. The third-order valence-electron chi connectivity index (χ3n) is 1.17. The molecule has 47 valence electrons. The van der Waals surface area contributed by atoms with Gasteiger partial charge in [0, 0.05) is 6.92 Å². The lowest BCUT2D eigenvalue weighted by molar-refractivity contribution is -0.0608. The van der Waals surface area contributed by atoms with E-state index in [2.05, 4.69) is 4.74 Å². The van der Waals surface area contributed by atoms with E-state index in [9.17, 15) is 8.78 Å². The average molecular weight is 121 g/mol. The normalized spacial score (nSPS) is 22.9. The number of hydrogen-bond donors (Lipinski definition) is 0. The second kappa shape index (κ2) is 1.65. The molecule has 1 aliphatic rings. The summed E-state index contributed by atoms with van der Waals surface area (Å²) in [5.74, 6) is -2.41. The van der Waals surface area contributed by atoms with Gasteiger partial charge in [-0.25, -0.2) is 8.78 Å². The second-order valence-corrected chi connectivity index (χ2v) is 1.98. The predicted octanol–water partition coefficient (Wildman–Crippen LogP) is 1.25. The van der Waals surface area contributed by atoms with Crippen LogP contribution in [0.3, 0.4) is 0 Å². The zero-order valence-electron chi connectivity index (χ0n) is 4.58. The molecule has 1 rings (SSSR count). The van der Waals surface area contributed by atoms with E-state index < -0.39 is 5.92 Å². The van der Waals surface area contributed by atoms with Crippen molar-refractivity contribution in [1.82, 2.24) is 0 Å². The molecule has 0 aromatic carbocycles. The summed E-state index contributed by atoms with van der Waals surface area (Å²) < 4.78 is 28.6. The lowest BCUT2D eigenvalue weighted by atomic mass is 10.0. The van der Waals surface area contributed by atoms with Crippen molar-refractivity contribution in [3.8, 4) is 0 Å². The predicted molar refractivity (Wildman–Crippen MR) is 24.7 cm³/mol. The van der Waals surface area contributed by atoms with E-state index >= 15 is 0 Å². The standard InChI is InChI=1S/C5H7F2O/c1-5(6,7)4-2-8-3-4/h2-3H2,1H3. The van der Waals surface area contributed by atoms with Gasteiger partial charge in [0.25, 0.3) is 5.92 Å². The number of halogens is 2. The Bertz CT molecular complexity index is 82.9. The molecule has 8 heavy (non-hydrogen) atoms. The molecule has 0 atom stereocenters. The number of rotatable bonds is 1. The lowest BCUT2D eigenvalue weighted by Crippen LogP contribution is -2.38. The molecule has 3 heteroatoms. The van der Waals surface area contributed by atoms with Crippen molar-refractivity contribution in [2.24, 2.45) is 0 Å². The third kappa shape index (κ3) is 0.968. The summed E-state index contributed by atoms with van der Waals surface area (Å²) in [4.78, 5) is 0. The highest BCUT2D eigenvalue weighted by molar-refractivity contribution is 5.06. The van der Waals surface area contributed by atoms with Gasteiger partial charge in [0.15, 0.2) is 0 Å². The first-order chi connectivity index (χ1) is 3.61. The maximum atomic E-state index is 12.1. The largest absolute Gasteiger partial charge is 0.380 e. The fourth-order valence-electron chi connectivity index (χ4n) is 0.458. The Morgan fingerprint density at radius 1 is 1.50 bits per heavy atom. The molecule has 0 aromatic rings. The maximum Gasteiger partial charge on any atom is 0.256 e. The van der Waals surface area contributed by atoms with Crippen LogP contribution in [0.1, 0.15) is 6.92 Å². The molecule has 0 amide bonds. The molecular weight excluding hydrogens is 114 g/mol. The van der Waals surface area contributed by atoms with Crippen LogP contribution in [0.5, 0.6) is 0 Å². The van der Waals surface area contributed by atoms with E-state index in [1.54, 1.807) is 0 Å². The Labute approximate surface area is 46.6 Å². The number of alkyl halides is 2. The molecule has 0 bridgehead atoms. The molecule has 0 unspecified atom stereocenters. The highest BCUT2D eigenvalue weighted by atomic mass is 19.3. The van der Waals surface area contributed by atoms with Crippen molar-refractivity contribution >= 4 is 0 Å². The summed E-state index contributed by atoms with van der Waals surface area (Å²) in [6.45, 7) is 1.18. The van der Waals surface area contributed by atoms with Crippen LogP contribution in [0.4, 0.5) is 8.78 Å². The van der Waals surface area contributed by atoms with Crippen LogP contribution in [-0.4, -0.2) is 19.1 Å². The zero-order chi connectivity index (χ0) is 6.20. The van der Waals surface area contributed by atoms with Gasteiger partial charge in [-0.05, 0) is 0 Å². The Balaban J connectivity index is 2.34. The molecule has 0 N–H and O–H groups in total. The zero-order valence-corrected chi connectivity index (χ0v) is 4.58. The monoisotopic (exact) mass is 121 g/mol. The highest BCUT2D eigenvalue weighted by Gasteiger charge is 2.40. The quantitative estimate of drug-likeness (QED) is 0.507. The summed E-state index contributed by atoms with van der Waals surface area (Å²) in [5.41, 5.74) is 0. The third-order valence-corrected chi connectivity index (χ3v) is 1.17. The van der Waals surface area contributed by atoms with Crippen molar-refractivity contribution in [2.75, 3.05) is 13.2 Å². The molecule has 1 saturated heterocycles. The fourth-order valence-corrected chi connectivity index (χ4v) is 0.458. The highest BCUT2D eigenvalue weighted by Crippen LogP contribution is 2.31. The maximum absolute atomic E-state index is 12.1. The topological polar surface area (TPSA) is 9.23 Å². The van der Waals surface area contributed by atoms with Crippen LogP contribution in [0.2, 0.25) is 0 Å². The van der Waals surface area contributed by atoms with Crippen LogP contribution >= 0.6 is 0 Å². The molecule has 1 aliphatic heterocycles. The van der Waals surface area contributed by atoms with Gasteiger partial charge in [-0.1, -0.05) is 0 Å². The van der Waals surface area contributed by atoms with E-state index in [1.165, 1.54) is 0 Å². The summed E-state index contributed by atoms with van der Waals surface area (Å²) >= 11 is 0. The fraction of sp³-hybridized carbons (Fsp3) is 0.800. The summed E-state index contributed by atoms with van der Waals surface area (Å²) in [7, 11) is 0. The van der Waals surface area contributed by atoms with E-state index in [1.807, 2.05) is 0 Å². The van der Waals surface area contributed by atoms with Crippen molar-refractivity contribution in [1.29, 1.82) is 0 Å². The molecule has 0 aromatic heterocycles. The number of hydrogen-bond acceptors (Lipinski definition) is 1. The molecule has 0 aliphatic carbocycles. The SMILES string of the molecule is CC(F)(F)[C]1COC1. The van der Waals surface area contributed by atoms with Gasteiger partial charge in [0.1, 0.15) is 0 Å². The van der Waals surface area contributed by atoms with Crippen LogP contribution in [0.15, 0.2) is 0 Å². The first-order valence-electron chi connectivity index (χ1n) is 2.41. The second-order valence-electron chi connectivity index (χ2n) is 1.98. The van der Waals surface area contributed by atoms with E-state index in [0.29, 0.717) is 0 Å². The Kier molecular flexibility index (Phi) is 1.23. The van der Waals surface area contributed by atoms with Crippen LogP contribution in [-0.2, 0) is 4.74 Å². The summed E-state index contributed by atoms with van der Waals surface area (Å²) in [5, 5.41) is 0. The van der Waals surface area contributed by atoms with E-state index in [0.717, 1.165) is 6.92 Å². The Hall–Kier alpha value is -0.180. The van der Waals surface area contributed by atoms with Gasteiger partial charge in [0.05, 0.1) is 19.1 Å². The minimum absolute atomic E-state index is 0.142. The van der Waals surface area contributed by atoms with Gasteiger partial charge in [-0.3, -0.25) is 0 Å². The minimum Gasteiger partial charge on any atom is -0.380 e. The Morgan fingerprint density at radius 2 is 2.00 bits per heavy atom. The summed E-state index contributed by atoms with van der Waals surface area (Å²) in [6.07, 6.45) is 0. The molecule has 1 fully saturated rings. The number of ether oxygens (including phenoxy) is 1. The van der Waals surface area contributed by atoms with Crippen molar-refractivity contribution in [3.05, 3.63) is 5.92 Å². The van der Waals surface area contributed by atoms with Crippen LogP contribution in [0.25, 0.3) is 0 Å². The molecule has 0 spiro atoms.